The number of aromatic nitrogens is 2. The van der Waals surface area contributed by atoms with Crippen LogP contribution in [0.4, 0.5) is 0 Å². The minimum absolute atomic E-state index is 0.0574. The summed E-state index contributed by atoms with van der Waals surface area (Å²) in [5.41, 5.74) is 0. The van der Waals surface area contributed by atoms with Gasteiger partial charge in [0.2, 0.25) is 14.2 Å². The Morgan fingerprint density at radius 1 is 1.14 bits per heavy atom. The number of hydrogen-bond donors (Lipinski definition) is 0. The van der Waals surface area contributed by atoms with Gasteiger partial charge in [-0.2, -0.15) is 0 Å². The molecule has 14 heavy (non-hydrogen) atoms. The van der Waals surface area contributed by atoms with Crippen LogP contribution in [0.2, 0.25) is 0 Å². The van der Waals surface area contributed by atoms with Crippen molar-refractivity contribution in [2.75, 3.05) is 0 Å². The summed E-state index contributed by atoms with van der Waals surface area (Å²) in [5, 5.41) is 4.00. The zero-order valence-electron chi connectivity index (χ0n) is 6.95. The molecule has 4 nitrogen and oxygen atoms in total. The van der Waals surface area contributed by atoms with Crippen molar-refractivity contribution in [3.05, 3.63) is 28.2 Å². The summed E-state index contributed by atoms with van der Waals surface area (Å²) in [6.45, 7) is 0. The SMILES string of the molecule is O=S(=O)(Cc1nccs1)c1nccs1. The van der Waals surface area contributed by atoms with Gasteiger partial charge in [0.1, 0.15) is 10.8 Å². The van der Waals surface area contributed by atoms with E-state index in [4.69, 9.17) is 0 Å². The first kappa shape index (κ1) is 9.75. The van der Waals surface area contributed by atoms with Crippen molar-refractivity contribution >= 4 is 32.5 Å². The van der Waals surface area contributed by atoms with E-state index in [1.54, 1.807) is 17.0 Å². The van der Waals surface area contributed by atoms with E-state index in [1.165, 1.54) is 17.5 Å². The van der Waals surface area contributed by atoms with Gasteiger partial charge in [-0.1, -0.05) is 0 Å². The minimum atomic E-state index is -3.28. The summed E-state index contributed by atoms with van der Waals surface area (Å²) < 4.78 is 23.5. The Kier molecular flexibility index (Phi) is 2.62. The Morgan fingerprint density at radius 3 is 2.43 bits per heavy atom. The van der Waals surface area contributed by atoms with E-state index in [0.717, 1.165) is 11.3 Å². The molecular weight excluding hydrogens is 240 g/mol. The monoisotopic (exact) mass is 246 g/mol. The smallest absolute Gasteiger partial charge is 0.211 e. The highest BCUT2D eigenvalue weighted by atomic mass is 32.2. The van der Waals surface area contributed by atoms with Crippen LogP contribution >= 0.6 is 22.7 Å². The van der Waals surface area contributed by atoms with Crippen molar-refractivity contribution in [3.63, 3.8) is 0 Å². The van der Waals surface area contributed by atoms with Crippen molar-refractivity contribution in [2.45, 2.75) is 10.1 Å². The fourth-order valence-corrected chi connectivity index (χ4v) is 4.08. The number of sulfone groups is 1. The van der Waals surface area contributed by atoms with Gasteiger partial charge in [0, 0.05) is 23.2 Å². The van der Waals surface area contributed by atoms with Crippen LogP contribution in [0.3, 0.4) is 0 Å². The van der Waals surface area contributed by atoms with Gasteiger partial charge in [-0.25, -0.2) is 18.4 Å². The van der Waals surface area contributed by atoms with Crippen molar-refractivity contribution in [2.24, 2.45) is 0 Å². The summed E-state index contributed by atoms with van der Waals surface area (Å²) in [6, 6.07) is 0. The molecule has 0 bridgehead atoms. The second-order valence-corrected chi connectivity index (χ2v) is 6.52. The largest absolute Gasteiger partial charge is 0.249 e. The molecule has 0 saturated carbocycles. The Morgan fingerprint density at radius 2 is 1.86 bits per heavy atom. The normalized spacial score (nSPS) is 11.7. The molecule has 0 amide bonds. The predicted octanol–water partition coefficient (Wildman–Crippen LogP) is 1.57. The summed E-state index contributed by atoms with van der Waals surface area (Å²) in [6.07, 6.45) is 3.08. The molecule has 2 heterocycles. The van der Waals surface area contributed by atoms with Crippen LogP contribution in [0, 0.1) is 0 Å². The molecule has 0 atom stereocenters. The van der Waals surface area contributed by atoms with Gasteiger partial charge in [-0.3, -0.25) is 0 Å². The molecule has 74 valence electrons. The Hall–Kier alpha value is -0.790. The molecule has 2 rings (SSSR count). The van der Waals surface area contributed by atoms with Gasteiger partial charge in [0.15, 0.2) is 0 Å². The molecule has 0 radical (unpaired) electrons. The molecule has 0 spiro atoms. The fraction of sp³-hybridized carbons (Fsp3) is 0.143. The lowest BCUT2D eigenvalue weighted by molar-refractivity contribution is 0.594. The molecule has 2 aromatic rings. The molecule has 0 aliphatic heterocycles. The Balaban J connectivity index is 2.27. The standard InChI is InChI=1S/C7H6N2O2S3/c10-14(11,7-9-2-4-13-7)5-6-8-1-3-12-6/h1-4H,5H2. The quantitative estimate of drug-likeness (QED) is 0.825. The second kappa shape index (κ2) is 3.76. The highest BCUT2D eigenvalue weighted by Crippen LogP contribution is 2.19. The van der Waals surface area contributed by atoms with Crippen molar-refractivity contribution in [3.8, 4) is 0 Å². The Bertz CT molecular complexity index is 487. The zero-order valence-corrected chi connectivity index (χ0v) is 9.40. The molecule has 0 aliphatic carbocycles. The third kappa shape index (κ3) is 1.99. The Labute approximate surface area is 89.2 Å². The highest BCUT2D eigenvalue weighted by molar-refractivity contribution is 7.92. The molecule has 2 aromatic heterocycles. The second-order valence-electron chi connectivity index (χ2n) is 2.48. The number of thiazole rings is 2. The molecule has 0 unspecified atom stereocenters. The minimum Gasteiger partial charge on any atom is -0.249 e. The van der Waals surface area contributed by atoms with Crippen LogP contribution in [-0.2, 0) is 15.6 Å². The maximum atomic E-state index is 11.7. The number of hydrogen-bond acceptors (Lipinski definition) is 6. The molecule has 0 saturated heterocycles. The van der Waals surface area contributed by atoms with Crippen molar-refractivity contribution in [1.29, 1.82) is 0 Å². The summed E-state index contributed by atoms with van der Waals surface area (Å²) in [4.78, 5) is 7.70. The molecule has 0 aromatic carbocycles. The molecule has 0 aliphatic rings. The van der Waals surface area contributed by atoms with Gasteiger partial charge in [-0.15, -0.1) is 22.7 Å². The van der Waals surface area contributed by atoms with Crippen molar-refractivity contribution in [1.82, 2.24) is 9.97 Å². The number of rotatable bonds is 3. The van der Waals surface area contributed by atoms with Crippen LogP contribution in [0.15, 0.2) is 27.5 Å². The van der Waals surface area contributed by atoms with E-state index in [1.807, 2.05) is 0 Å². The molecule has 0 fully saturated rings. The first-order chi connectivity index (χ1) is 6.68. The van der Waals surface area contributed by atoms with E-state index in [2.05, 4.69) is 9.97 Å². The maximum absolute atomic E-state index is 11.7. The van der Waals surface area contributed by atoms with Crippen LogP contribution in [0.5, 0.6) is 0 Å². The van der Waals surface area contributed by atoms with Gasteiger partial charge < -0.3 is 0 Å². The van der Waals surface area contributed by atoms with Gasteiger partial charge in [-0.05, 0) is 0 Å². The van der Waals surface area contributed by atoms with E-state index in [0.29, 0.717) is 5.01 Å². The van der Waals surface area contributed by atoms with Gasteiger partial charge in [0.05, 0.1) is 0 Å². The average Bonchev–Trinajstić information content (AvgIpc) is 2.71. The number of nitrogens with zero attached hydrogens (tertiary/aromatic N) is 2. The van der Waals surface area contributed by atoms with Crippen molar-refractivity contribution < 1.29 is 8.42 Å². The maximum Gasteiger partial charge on any atom is 0.211 e. The van der Waals surface area contributed by atoms with E-state index in [-0.39, 0.29) is 10.1 Å². The first-order valence-corrected chi connectivity index (χ1v) is 7.10. The van der Waals surface area contributed by atoms with Gasteiger partial charge in [0.25, 0.3) is 0 Å². The van der Waals surface area contributed by atoms with Gasteiger partial charge >= 0.3 is 0 Å². The van der Waals surface area contributed by atoms with E-state index >= 15 is 0 Å². The summed E-state index contributed by atoms with van der Waals surface area (Å²) in [7, 11) is -3.28. The lowest BCUT2D eigenvalue weighted by Gasteiger charge is -1.95. The lowest BCUT2D eigenvalue weighted by atomic mass is 10.8. The summed E-state index contributed by atoms with van der Waals surface area (Å²) >= 11 is 2.46. The highest BCUT2D eigenvalue weighted by Gasteiger charge is 2.19. The zero-order chi connectivity index (χ0) is 10.0. The third-order valence-electron chi connectivity index (χ3n) is 1.47. The summed E-state index contributed by atoms with van der Waals surface area (Å²) in [5.74, 6) is -0.0574. The topological polar surface area (TPSA) is 59.9 Å². The molecule has 0 N–H and O–H groups in total. The van der Waals surface area contributed by atoms with E-state index in [9.17, 15) is 8.42 Å². The van der Waals surface area contributed by atoms with E-state index < -0.39 is 9.84 Å². The molecule has 7 heteroatoms. The van der Waals surface area contributed by atoms with Crippen LogP contribution in [0.1, 0.15) is 5.01 Å². The van der Waals surface area contributed by atoms with Crippen LogP contribution in [-0.4, -0.2) is 18.4 Å². The third-order valence-corrected chi connectivity index (χ3v) is 5.34. The fourth-order valence-electron chi connectivity index (χ4n) is 0.913. The average molecular weight is 246 g/mol. The van der Waals surface area contributed by atoms with Crippen LogP contribution in [0.25, 0.3) is 0 Å². The molecular formula is C7H6N2O2S3. The first-order valence-electron chi connectivity index (χ1n) is 3.69. The van der Waals surface area contributed by atoms with Crippen LogP contribution < -0.4 is 0 Å². The predicted molar refractivity (Wildman–Crippen MR) is 55.1 cm³/mol. The lowest BCUT2D eigenvalue weighted by Crippen LogP contribution is -2.03.